The number of aliphatic hydroxyl groups excluding tert-OH is 1. The second-order valence-corrected chi connectivity index (χ2v) is 5.38. The predicted molar refractivity (Wildman–Crippen MR) is 72.8 cm³/mol. The van der Waals surface area contributed by atoms with Crippen molar-refractivity contribution in [2.45, 2.75) is 31.9 Å². The largest absolute Gasteiger partial charge is 0.480 e. The summed E-state index contributed by atoms with van der Waals surface area (Å²) in [6.07, 6.45) is 0.879. The van der Waals surface area contributed by atoms with E-state index in [1.54, 1.807) is 19.1 Å². The van der Waals surface area contributed by atoms with E-state index in [2.05, 4.69) is 0 Å². The van der Waals surface area contributed by atoms with Crippen LogP contribution in [0.25, 0.3) is 0 Å². The second kappa shape index (κ2) is 6.33. The molecule has 0 bridgehead atoms. The topological polar surface area (TPSA) is 60.8 Å². The first-order chi connectivity index (χ1) is 9.49. The molecule has 2 N–H and O–H groups in total. The molecule has 0 aliphatic carbocycles. The van der Waals surface area contributed by atoms with Gasteiger partial charge in [-0.05, 0) is 56.5 Å². The Bertz CT molecular complexity index is 455. The minimum absolute atomic E-state index is 0.0951. The number of hydrogen-bond donors (Lipinski definition) is 2. The SMILES string of the molecule is C[C@H](C(=O)O)N1CCC([C@@H](O)c2ccc(F)cc2)CC1. The summed E-state index contributed by atoms with van der Waals surface area (Å²) in [6, 6.07) is 5.41. The quantitative estimate of drug-likeness (QED) is 0.886. The van der Waals surface area contributed by atoms with Crippen molar-refractivity contribution in [2.24, 2.45) is 5.92 Å². The van der Waals surface area contributed by atoms with E-state index in [-0.39, 0.29) is 11.7 Å². The standard InChI is InChI=1S/C15H20FNO3/c1-10(15(19)20)17-8-6-12(7-9-17)14(18)11-2-4-13(16)5-3-11/h2-5,10,12,14,18H,6-9H2,1H3,(H,19,20)/t10-,14+/m1/s1. The molecule has 0 saturated carbocycles. The summed E-state index contributed by atoms with van der Waals surface area (Å²) in [6.45, 7) is 3.01. The molecule has 2 rings (SSSR count). The summed E-state index contributed by atoms with van der Waals surface area (Å²) in [4.78, 5) is 12.9. The molecule has 2 atom stereocenters. The summed E-state index contributed by atoms with van der Waals surface area (Å²) < 4.78 is 12.9. The van der Waals surface area contributed by atoms with Crippen molar-refractivity contribution in [3.63, 3.8) is 0 Å². The summed E-state index contributed by atoms with van der Waals surface area (Å²) >= 11 is 0. The Morgan fingerprint density at radius 3 is 2.35 bits per heavy atom. The fourth-order valence-electron chi connectivity index (χ4n) is 2.71. The minimum atomic E-state index is -0.817. The van der Waals surface area contributed by atoms with Crippen LogP contribution in [0.1, 0.15) is 31.4 Å². The van der Waals surface area contributed by atoms with Crippen LogP contribution in [0.3, 0.4) is 0 Å². The maximum Gasteiger partial charge on any atom is 0.320 e. The number of aliphatic hydroxyl groups is 1. The number of halogens is 1. The van der Waals surface area contributed by atoms with Crippen molar-refractivity contribution in [3.05, 3.63) is 35.6 Å². The molecule has 4 nitrogen and oxygen atoms in total. The lowest BCUT2D eigenvalue weighted by Crippen LogP contribution is -2.44. The molecule has 0 amide bonds. The van der Waals surface area contributed by atoms with Crippen molar-refractivity contribution >= 4 is 5.97 Å². The number of hydrogen-bond acceptors (Lipinski definition) is 3. The van der Waals surface area contributed by atoms with Gasteiger partial charge in [0, 0.05) is 0 Å². The summed E-state index contributed by atoms with van der Waals surface area (Å²) in [5, 5.41) is 19.3. The fraction of sp³-hybridized carbons (Fsp3) is 0.533. The number of carboxylic acids is 1. The number of carbonyl (C=O) groups is 1. The number of carboxylic acid groups (broad SMARTS) is 1. The van der Waals surface area contributed by atoms with Gasteiger partial charge in [0.05, 0.1) is 6.10 Å². The molecule has 5 heteroatoms. The molecular weight excluding hydrogens is 261 g/mol. The maximum absolute atomic E-state index is 12.9. The van der Waals surface area contributed by atoms with E-state index in [1.807, 2.05) is 4.90 Å². The monoisotopic (exact) mass is 281 g/mol. The number of rotatable bonds is 4. The van der Waals surface area contributed by atoms with E-state index < -0.39 is 18.1 Å². The van der Waals surface area contributed by atoms with Gasteiger partial charge in [-0.25, -0.2) is 4.39 Å². The lowest BCUT2D eigenvalue weighted by atomic mass is 9.87. The smallest absolute Gasteiger partial charge is 0.320 e. The van der Waals surface area contributed by atoms with Gasteiger partial charge in [-0.1, -0.05) is 12.1 Å². The van der Waals surface area contributed by atoms with Crippen LogP contribution in [0.4, 0.5) is 4.39 Å². The molecule has 1 aromatic rings. The molecule has 110 valence electrons. The van der Waals surface area contributed by atoms with E-state index in [4.69, 9.17) is 5.11 Å². The molecule has 1 fully saturated rings. The van der Waals surface area contributed by atoms with E-state index >= 15 is 0 Å². The molecule has 1 heterocycles. The molecule has 1 aromatic carbocycles. The first kappa shape index (κ1) is 14.9. The molecule has 0 aromatic heterocycles. The van der Waals surface area contributed by atoms with Crippen LogP contribution in [-0.2, 0) is 4.79 Å². The van der Waals surface area contributed by atoms with Crippen LogP contribution in [0.15, 0.2) is 24.3 Å². The normalized spacial score (nSPS) is 20.6. The maximum atomic E-state index is 12.9. The first-order valence-corrected chi connectivity index (χ1v) is 6.89. The number of aliphatic carboxylic acids is 1. The van der Waals surface area contributed by atoms with Crippen LogP contribution >= 0.6 is 0 Å². The highest BCUT2D eigenvalue weighted by molar-refractivity contribution is 5.72. The van der Waals surface area contributed by atoms with Gasteiger partial charge in [-0.3, -0.25) is 9.69 Å². The Morgan fingerprint density at radius 1 is 1.30 bits per heavy atom. The van der Waals surface area contributed by atoms with Gasteiger partial charge in [0.2, 0.25) is 0 Å². The van der Waals surface area contributed by atoms with Crippen LogP contribution in [-0.4, -0.2) is 40.2 Å². The average molecular weight is 281 g/mol. The zero-order valence-electron chi connectivity index (χ0n) is 11.5. The highest BCUT2D eigenvalue weighted by atomic mass is 19.1. The Balaban J connectivity index is 1.93. The highest BCUT2D eigenvalue weighted by Crippen LogP contribution is 2.31. The molecule has 1 saturated heterocycles. The van der Waals surface area contributed by atoms with Gasteiger partial charge in [0.1, 0.15) is 11.9 Å². The summed E-state index contributed by atoms with van der Waals surface area (Å²) in [5.74, 6) is -1.04. The Morgan fingerprint density at radius 2 is 1.85 bits per heavy atom. The van der Waals surface area contributed by atoms with Crippen molar-refractivity contribution in [1.29, 1.82) is 0 Å². The number of benzene rings is 1. The fourth-order valence-corrected chi connectivity index (χ4v) is 2.71. The number of nitrogens with zero attached hydrogens (tertiary/aromatic N) is 1. The molecule has 1 aliphatic heterocycles. The van der Waals surface area contributed by atoms with Gasteiger partial charge >= 0.3 is 5.97 Å². The molecule has 0 unspecified atom stereocenters. The minimum Gasteiger partial charge on any atom is -0.480 e. The number of likely N-dealkylation sites (tertiary alicyclic amines) is 1. The summed E-state index contributed by atoms with van der Waals surface area (Å²) in [5.41, 5.74) is 0.719. The van der Waals surface area contributed by atoms with Gasteiger partial charge in [-0.15, -0.1) is 0 Å². The zero-order valence-corrected chi connectivity index (χ0v) is 11.5. The third-order valence-electron chi connectivity index (χ3n) is 4.14. The van der Waals surface area contributed by atoms with E-state index in [1.165, 1.54) is 12.1 Å². The Labute approximate surface area is 117 Å². The van der Waals surface area contributed by atoms with E-state index in [0.29, 0.717) is 13.1 Å². The van der Waals surface area contributed by atoms with Crippen LogP contribution in [0.5, 0.6) is 0 Å². The highest BCUT2D eigenvalue weighted by Gasteiger charge is 2.30. The molecule has 0 spiro atoms. The van der Waals surface area contributed by atoms with Crippen molar-refractivity contribution in [2.75, 3.05) is 13.1 Å². The molecule has 0 radical (unpaired) electrons. The predicted octanol–water partition coefficient (Wildman–Crippen LogP) is 2.04. The van der Waals surface area contributed by atoms with Gasteiger partial charge < -0.3 is 10.2 Å². The summed E-state index contributed by atoms with van der Waals surface area (Å²) in [7, 11) is 0. The van der Waals surface area contributed by atoms with Crippen molar-refractivity contribution < 1.29 is 19.4 Å². The second-order valence-electron chi connectivity index (χ2n) is 5.38. The molecule has 1 aliphatic rings. The van der Waals surface area contributed by atoms with Gasteiger partial charge in [0.15, 0.2) is 0 Å². The third kappa shape index (κ3) is 3.35. The van der Waals surface area contributed by atoms with E-state index in [0.717, 1.165) is 18.4 Å². The average Bonchev–Trinajstić information content (AvgIpc) is 2.46. The zero-order chi connectivity index (χ0) is 14.7. The molecule has 20 heavy (non-hydrogen) atoms. The van der Waals surface area contributed by atoms with Crippen molar-refractivity contribution in [1.82, 2.24) is 4.90 Å². The van der Waals surface area contributed by atoms with Crippen LogP contribution in [0.2, 0.25) is 0 Å². The Hall–Kier alpha value is -1.46. The lowest BCUT2D eigenvalue weighted by Gasteiger charge is -2.36. The van der Waals surface area contributed by atoms with Crippen molar-refractivity contribution in [3.8, 4) is 0 Å². The van der Waals surface area contributed by atoms with Crippen LogP contribution < -0.4 is 0 Å². The van der Waals surface area contributed by atoms with Gasteiger partial charge in [0.25, 0.3) is 0 Å². The number of piperidine rings is 1. The Kier molecular flexibility index (Phi) is 4.73. The first-order valence-electron chi connectivity index (χ1n) is 6.89. The van der Waals surface area contributed by atoms with E-state index in [9.17, 15) is 14.3 Å². The van der Waals surface area contributed by atoms with Crippen LogP contribution in [0, 0.1) is 11.7 Å². The molecular formula is C15H20FNO3. The third-order valence-corrected chi connectivity index (χ3v) is 4.14. The van der Waals surface area contributed by atoms with Gasteiger partial charge in [-0.2, -0.15) is 0 Å². The lowest BCUT2D eigenvalue weighted by molar-refractivity contribution is -0.143.